The second-order valence-corrected chi connectivity index (χ2v) is 5.60. The van der Waals surface area contributed by atoms with Crippen LogP contribution < -0.4 is 5.32 Å². The van der Waals surface area contributed by atoms with Crippen molar-refractivity contribution in [1.82, 2.24) is 0 Å². The van der Waals surface area contributed by atoms with Crippen molar-refractivity contribution >= 4 is 22.2 Å². The Kier molecular flexibility index (Phi) is 5.49. The van der Waals surface area contributed by atoms with Crippen LogP contribution >= 0.6 is 0 Å². The molecule has 0 fully saturated rings. The average Bonchev–Trinajstić information content (AvgIpc) is 2.33. The van der Waals surface area contributed by atoms with Crippen molar-refractivity contribution in [2.24, 2.45) is 0 Å². The fourth-order valence-corrected chi connectivity index (χ4v) is 2.06. The van der Waals surface area contributed by atoms with Gasteiger partial charge in [0.25, 0.3) is 5.69 Å². The van der Waals surface area contributed by atoms with Crippen LogP contribution in [0.15, 0.2) is 18.2 Å². The number of alkyl halides is 3. The Morgan fingerprint density at radius 3 is 2.55 bits per heavy atom. The third-order valence-corrected chi connectivity index (χ3v) is 3.31. The average molecular weight is 310 g/mol. The summed E-state index contributed by atoms with van der Waals surface area (Å²) in [5.41, 5.74) is -1.67. The maximum absolute atomic E-state index is 12.5. The summed E-state index contributed by atoms with van der Waals surface area (Å²) in [7, 11) is -0.976. The standard InChI is InChI=1S/C11H13F3N2O3S/c1-20(19)6-2-5-15-9-4-3-8(11(12,13)14)7-10(9)16(17)18/h3-4,7,15H,2,5-6H2,1H3. The van der Waals surface area contributed by atoms with E-state index < -0.39 is 33.2 Å². The molecule has 0 saturated carbocycles. The van der Waals surface area contributed by atoms with E-state index >= 15 is 0 Å². The van der Waals surface area contributed by atoms with E-state index in [1.807, 2.05) is 0 Å². The summed E-state index contributed by atoms with van der Waals surface area (Å²) in [6.45, 7) is 0.297. The summed E-state index contributed by atoms with van der Waals surface area (Å²) in [5.74, 6) is 0.418. The molecule has 0 bridgehead atoms. The highest BCUT2D eigenvalue weighted by molar-refractivity contribution is 7.84. The van der Waals surface area contributed by atoms with Crippen LogP contribution in [0.3, 0.4) is 0 Å². The highest BCUT2D eigenvalue weighted by Crippen LogP contribution is 2.34. The normalized spacial score (nSPS) is 13.0. The molecule has 0 spiro atoms. The molecule has 0 aliphatic rings. The second-order valence-electron chi connectivity index (χ2n) is 4.04. The lowest BCUT2D eigenvalue weighted by atomic mass is 10.1. The van der Waals surface area contributed by atoms with Crippen molar-refractivity contribution in [3.63, 3.8) is 0 Å². The molecule has 5 nitrogen and oxygen atoms in total. The molecule has 112 valence electrons. The minimum absolute atomic E-state index is 0.0184. The summed E-state index contributed by atoms with van der Waals surface area (Å²) in [4.78, 5) is 9.93. The fourth-order valence-electron chi connectivity index (χ4n) is 1.51. The van der Waals surface area contributed by atoms with E-state index in [-0.39, 0.29) is 5.69 Å². The smallest absolute Gasteiger partial charge is 0.379 e. The molecule has 0 radical (unpaired) electrons. The molecule has 1 rings (SSSR count). The minimum atomic E-state index is -4.62. The lowest BCUT2D eigenvalue weighted by Gasteiger charge is -2.10. The van der Waals surface area contributed by atoms with Gasteiger partial charge >= 0.3 is 6.18 Å². The van der Waals surface area contributed by atoms with Crippen molar-refractivity contribution in [2.45, 2.75) is 12.6 Å². The zero-order valence-electron chi connectivity index (χ0n) is 10.6. The number of nitrogens with one attached hydrogen (secondary N) is 1. The van der Waals surface area contributed by atoms with Crippen molar-refractivity contribution < 1.29 is 22.3 Å². The molecule has 1 aromatic carbocycles. The molecule has 1 unspecified atom stereocenters. The van der Waals surface area contributed by atoms with Gasteiger partial charge in [-0.15, -0.1) is 0 Å². The molecule has 0 aromatic heterocycles. The molecule has 9 heteroatoms. The van der Waals surface area contributed by atoms with E-state index in [2.05, 4.69) is 5.32 Å². The highest BCUT2D eigenvalue weighted by Gasteiger charge is 2.32. The van der Waals surface area contributed by atoms with Gasteiger partial charge in [0, 0.05) is 35.4 Å². The van der Waals surface area contributed by atoms with Gasteiger partial charge in [-0.3, -0.25) is 14.3 Å². The third-order valence-electron chi connectivity index (χ3n) is 2.45. The summed E-state index contributed by atoms with van der Waals surface area (Å²) in [6.07, 6.45) is -2.59. The van der Waals surface area contributed by atoms with Crippen molar-refractivity contribution in [3.8, 4) is 0 Å². The number of nitro groups is 1. The maximum Gasteiger partial charge on any atom is 0.416 e. The number of hydrogen-bond acceptors (Lipinski definition) is 4. The van der Waals surface area contributed by atoms with Gasteiger partial charge in [-0.05, 0) is 18.6 Å². The van der Waals surface area contributed by atoms with E-state index in [0.29, 0.717) is 24.8 Å². The van der Waals surface area contributed by atoms with Crippen LogP contribution in [0.1, 0.15) is 12.0 Å². The molecule has 0 aliphatic heterocycles. The van der Waals surface area contributed by atoms with Crippen LogP contribution in [0.5, 0.6) is 0 Å². The van der Waals surface area contributed by atoms with E-state index in [0.717, 1.165) is 12.1 Å². The molecular weight excluding hydrogens is 297 g/mol. The summed E-state index contributed by atoms with van der Waals surface area (Å²) < 4.78 is 48.3. The molecule has 0 amide bonds. The van der Waals surface area contributed by atoms with Gasteiger partial charge in [0.1, 0.15) is 5.69 Å². The Bertz CT molecular complexity index is 520. The first kappa shape index (κ1) is 16.4. The first-order valence-electron chi connectivity index (χ1n) is 5.61. The zero-order valence-corrected chi connectivity index (χ0v) is 11.4. The van der Waals surface area contributed by atoms with Gasteiger partial charge in [-0.2, -0.15) is 13.2 Å². The van der Waals surface area contributed by atoms with Crippen molar-refractivity contribution in [2.75, 3.05) is 23.9 Å². The minimum Gasteiger partial charge on any atom is -0.379 e. The van der Waals surface area contributed by atoms with E-state index in [1.54, 1.807) is 0 Å². The quantitative estimate of drug-likeness (QED) is 0.498. The summed E-state index contributed by atoms with van der Waals surface area (Å²) >= 11 is 0. The van der Waals surface area contributed by atoms with E-state index in [9.17, 15) is 27.5 Å². The van der Waals surface area contributed by atoms with Gasteiger partial charge in [-0.1, -0.05) is 0 Å². The number of anilines is 1. The predicted octanol–water partition coefficient (Wildman–Crippen LogP) is 2.79. The third kappa shape index (κ3) is 4.80. The van der Waals surface area contributed by atoms with Crippen LogP contribution in [-0.2, 0) is 17.0 Å². The molecule has 1 aromatic rings. The largest absolute Gasteiger partial charge is 0.416 e. The van der Waals surface area contributed by atoms with E-state index in [4.69, 9.17) is 0 Å². The van der Waals surface area contributed by atoms with Crippen LogP contribution in [0.25, 0.3) is 0 Å². The predicted molar refractivity (Wildman–Crippen MR) is 70.1 cm³/mol. The highest BCUT2D eigenvalue weighted by atomic mass is 32.2. The van der Waals surface area contributed by atoms with Crippen LogP contribution in [0.2, 0.25) is 0 Å². The lowest BCUT2D eigenvalue weighted by molar-refractivity contribution is -0.384. The van der Waals surface area contributed by atoms with Crippen LogP contribution in [0, 0.1) is 10.1 Å². The number of halogens is 3. The molecular formula is C11H13F3N2O3S. The molecule has 0 heterocycles. The molecule has 1 N–H and O–H groups in total. The Hall–Kier alpha value is -1.64. The number of rotatable bonds is 6. The van der Waals surface area contributed by atoms with Gasteiger partial charge in [0.15, 0.2) is 0 Å². The van der Waals surface area contributed by atoms with E-state index in [1.165, 1.54) is 6.26 Å². The summed E-state index contributed by atoms with van der Waals surface area (Å²) in [6, 6.07) is 2.32. The number of nitro benzene ring substituents is 1. The van der Waals surface area contributed by atoms with Gasteiger partial charge in [-0.25, -0.2) is 0 Å². The first-order valence-corrected chi connectivity index (χ1v) is 7.34. The van der Waals surface area contributed by atoms with Gasteiger partial charge in [0.05, 0.1) is 10.5 Å². The lowest BCUT2D eigenvalue weighted by Crippen LogP contribution is -2.10. The maximum atomic E-state index is 12.5. The number of hydrogen-bond donors (Lipinski definition) is 1. The van der Waals surface area contributed by atoms with Crippen molar-refractivity contribution in [3.05, 3.63) is 33.9 Å². The molecule has 0 saturated heterocycles. The SMILES string of the molecule is CS(=O)CCCNc1ccc(C(F)(F)F)cc1[N+](=O)[O-]. The summed E-state index contributed by atoms with van der Waals surface area (Å²) in [5, 5.41) is 13.5. The molecule has 1 atom stereocenters. The molecule has 0 aliphatic carbocycles. The Balaban J connectivity index is 2.86. The topological polar surface area (TPSA) is 72.2 Å². The number of nitrogens with zero attached hydrogens (tertiary/aromatic N) is 1. The number of benzene rings is 1. The Morgan fingerprint density at radius 1 is 1.40 bits per heavy atom. The van der Waals surface area contributed by atoms with Crippen molar-refractivity contribution in [1.29, 1.82) is 0 Å². The fraction of sp³-hybridized carbons (Fsp3) is 0.455. The zero-order chi connectivity index (χ0) is 15.3. The van der Waals surface area contributed by atoms with Crippen LogP contribution in [0.4, 0.5) is 24.5 Å². The van der Waals surface area contributed by atoms with Crippen LogP contribution in [-0.4, -0.2) is 27.7 Å². The Labute approximate surface area is 115 Å². The molecule has 20 heavy (non-hydrogen) atoms. The monoisotopic (exact) mass is 310 g/mol. The second kappa shape index (κ2) is 6.69. The van der Waals surface area contributed by atoms with Gasteiger partial charge < -0.3 is 5.32 Å². The first-order chi connectivity index (χ1) is 9.21. The Morgan fingerprint density at radius 2 is 2.05 bits per heavy atom. The van der Waals surface area contributed by atoms with Gasteiger partial charge in [0.2, 0.25) is 0 Å².